The molecule has 0 radical (unpaired) electrons. The number of carbonyl (C=O) groups is 2. The molecule has 0 atom stereocenters. The maximum atomic E-state index is 11.9. The fourth-order valence-corrected chi connectivity index (χ4v) is 2.62. The first-order chi connectivity index (χ1) is 12.1. The first kappa shape index (κ1) is 25.1. The molecule has 1 aromatic carbocycles. The second kappa shape index (κ2) is 11.7. The van der Waals surface area contributed by atoms with E-state index >= 15 is 0 Å². The summed E-state index contributed by atoms with van der Waals surface area (Å²) < 4.78 is 33.1. The fourth-order valence-electron chi connectivity index (χ4n) is 2.01. The summed E-state index contributed by atoms with van der Waals surface area (Å²) in [6, 6.07) is 4.77. The maximum absolute atomic E-state index is 11.9. The van der Waals surface area contributed by atoms with Gasteiger partial charge in [0.1, 0.15) is 27.5 Å². The van der Waals surface area contributed by atoms with Gasteiger partial charge in [0.05, 0.1) is 4.90 Å². The van der Waals surface area contributed by atoms with Gasteiger partial charge in [-0.15, -0.1) is 0 Å². The SMILES string of the molecule is N#C/C(=C\c1ccc(O)c(S(=O)(=O)[O-])c1)C(=O)NCCCCCC(=O)O.[Na+]. The summed E-state index contributed by atoms with van der Waals surface area (Å²) in [4.78, 5) is 21.5. The predicted molar refractivity (Wildman–Crippen MR) is 88.8 cm³/mol. The number of amides is 1. The van der Waals surface area contributed by atoms with E-state index in [0.29, 0.717) is 19.3 Å². The third-order valence-electron chi connectivity index (χ3n) is 3.28. The fraction of sp³-hybridized carbons (Fsp3) is 0.312. The number of carboxylic acids is 1. The molecule has 9 nitrogen and oxygen atoms in total. The van der Waals surface area contributed by atoms with E-state index in [9.17, 15) is 27.7 Å². The van der Waals surface area contributed by atoms with Crippen molar-refractivity contribution in [2.24, 2.45) is 0 Å². The molecule has 1 aromatic rings. The number of phenols is 1. The molecule has 0 unspecified atom stereocenters. The van der Waals surface area contributed by atoms with Gasteiger partial charge in [0.2, 0.25) is 0 Å². The van der Waals surface area contributed by atoms with E-state index in [0.717, 1.165) is 18.2 Å². The standard InChI is InChI=1S/C16H18N2O7S.Na/c17-10-12(16(22)18-7-3-1-2-4-15(20)21)8-11-5-6-13(19)14(9-11)26(23,24)25;/h5-6,8-9,19H,1-4,7H2,(H,18,22)(H,20,21)(H,23,24,25);/q;+1/p-1/b12-8+;. The average molecular weight is 404 g/mol. The Hall–Kier alpha value is -1.90. The number of benzene rings is 1. The van der Waals surface area contributed by atoms with Crippen molar-refractivity contribution in [1.29, 1.82) is 5.26 Å². The zero-order valence-electron chi connectivity index (χ0n) is 14.6. The minimum Gasteiger partial charge on any atom is -0.744 e. The Morgan fingerprint density at radius 3 is 2.48 bits per heavy atom. The van der Waals surface area contributed by atoms with Crippen LogP contribution in [0, 0.1) is 11.3 Å². The van der Waals surface area contributed by atoms with E-state index in [-0.39, 0.29) is 53.7 Å². The van der Waals surface area contributed by atoms with Crippen molar-refractivity contribution < 1.29 is 62.3 Å². The van der Waals surface area contributed by atoms with Gasteiger partial charge in [-0.2, -0.15) is 5.26 Å². The minimum atomic E-state index is -4.90. The van der Waals surface area contributed by atoms with Crippen molar-refractivity contribution in [3.63, 3.8) is 0 Å². The minimum absolute atomic E-state index is 0. The second-order valence-corrected chi connectivity index (χ2v) is 6.66. The smallest absolute Gasteiger partial charge is 0.744 e. The van der Waals surface area contributed by atoms with Gasteiger partial charge < -0.3 is 20.1 Å². The molecule has 3 N–H and O–H groups in total. The number of carbonyl (C=O) groups excluding carboxylic acids is 1. The monoisotopic (exact) mass is 404 g/mol. The van der Waals surface area contributed by atoms with Crippen molar-refractivity contribution in [2.45, 2.75) is 30.6 Å². The van der Waals surface area contributed by atoms with E-state index in [4.69, 9.17) is 10.4 Å². The van der Waals surface area contributed by atoms with Crippen LogP contribution in [0.4, 0.5) is 0 Å². The number of aliphatic carboxylic acids is 1. The Bertz CT molecular complexity index is 860. The van der Waals surface area contributed by atoms with E-state index in [1.54, 1.807) is 6.07 Å². The molecule has 1 rings (SSSR count). The zero-order valence-corrected chi connectivity index (χ0v) is 17.5. The largest absolute Gasteiger partial charge is 1.00 e. The van der Waals surface area contributed by atoms with Crippen LogP contribution in [0.15, 0.2) is 28.7 Å². The molecule has 140 valence electrons. The Morgan fingerprint density at radius 1 is 1.26 bits per heavy atom. The van der Waals surface area contributed by atoms with Gasteiger partial charge in [0.25, 0.3) is 5.91 Å². The summed E-state index contributed by atoms with van der Waals surface area (Å²) >= 11 is 0. The maximum Gasteiger partial charge on any atom is 1.00 e. The summed E-state index contributed by atoms with van der Waals surface area (Å²) in [5.74, 6) is -2.30. The second-order valence-electron chi connectivity index (χ2n) is 5.31. The van der Waals surface area contributed by atoms with Crippen molar-refractivity contribution in [3.05, 3.63) is 29.3 Å². The molecular weight excluding hydrogens is 387 g/mol. The number of nitriles is 1. The third-order valence-corrected chi connectivity index (χ3v) is 4.15. The van der Waals surface area contributed by atoms with Gasteiger partial charge in [-0.1, -0.05) is 12.5 Å². The number of rotatable bonds is 9. The molecule has 0 bridgehead atoms. The van der Waals surface area contributed by atoms with Crippen molar-refractivity contribution in [3.8, 4) is 11.8 Å². The number of carboxylic acid groups (broad SMARTS) is 1. The first-order valence-corrected chi connectivity index (χ1v) is 8.96. The molecule has 1 amide bonds. The van der Waals surface area contributed by atoms with Gasteiger partial charge in [0.15, 0.2) is 0 Å². The quantitative estimate of drug-likeness (QED) is 0.139. The molecule has 0 aliphatic heterocycles. The van der Waals surface area contributed by atoms with Crippen LogP contribution in [0.5, 0.6) is 5.75 Å². The van der Waals surface area contributed by atoms with Crippen LogP contribution in [-0.4, -0.2) is 41.6 Å². The van der Waals surface area contributed by atoms with Crippen molar-refractivity contribution in [2.75, 3.05) is 6.54 Å². The number of hydrogen-bond acceptors (Lipinski definition) is 7. The van der Waals surface area contributed by atoms with Crippen LogP contribution in [0.3, 0.4) is 0 Å². The molecule has 0 spiro atoms. The number of unbranched alkanes of at least 4 members (excludes halogenated alkanes) is 2. The Balaban J connectivity index is 0.00000676. The molecule has 0 saturated heterocycles. The summed E-state index contributed by atoms with van der Waals surface area (Å²) in [5, 5.41) is 29.5. The Labute approximate surface area is 178 Å². The molecular formula is C16H17N2NaO7S. The van der Waals surface area contributed by atoms with Crippen molar-refractivity contribution in [1.82, 2.24) is 5.32 Å². The van der Waals surface area contributed by atoms with Gasteiger partial charge in [-0.3, -0.25) is 9.59 Å². The zero-order chi connectivity index (χ0) is 19.7. The molecule has 27 heavy (non-hydrogen) atoms. The average Bonchev–Trinajstić information content (AvgIpc) is 2.55. The summed E-state index contributed by atoms with van der Waals surface area (Å²) in [5.41, 5.74) is -0.221. The van der Waals surface area contributed by atoms with Crippen LogP contribution in [0.2, 0.25) is 0 Å². The van der Waals surface area contributed by atoms with E-state index in [1.165, 1.54) is 6.07 Å². The van der Waals surface area contributed by atoms with Gasteiger partial charge in [-0.05, 0) is 36.6 Å². The molecule has 0 saturated carbocycles. The van der Waals surface area contributed by atoms with Crippen LogP contribution >= 0.6 is 0 Å². The van der Waals surface area contributed by atoms with Gasteiger partial charge in [0, 0.05) is 13.0 Å². The first-order valence-electron chi connectivity index (χ1n) is 7.56. The molecule has 0 fully saturated rings. The number of hydrogen-bond donors (Lipinski definition) is 3. The molecule has 0 aliphatic carbocycles. The van der Waals surface area contributed by atoms with Crippen molar-refractivity contribution >= 4 is 28.1 Å². The molecule has 0 aliphatic rings. The van der Waals surface area contributed by atoms with E-state index < -0.39 is 32.6 Å². The molecule has 0 aromatic heterocycles. The molecule has 0 heterocycles. The number of phenolic OH excluding ortho intramolecular Hbond substituents is 1. The topological polar surface area (TPSA) is 168 Å². The molecule has 11 heteroatoms. The third kappa shape index (κ3) is 9.03. The normalized spacial score (nSPS) is 11.2. The Morgan fingerprint density at radius 2 is 1.93 bits per heavy atom. The summed E-state index contributed by atoms with van der Waals surface area (Å²) in [7, 11) is -4.90. The van der Waals surface area contributed by atoms with E-state index in [2.05, 4.69) is 5.32 Å². The number of nitrogens with zero attached hydrogens (tertiary/aromatic N) is 1. The van der Waals surface area contributed by atoms with Crippen LogP contribution < -0.4 is 34.9 Å². The summed E-state index contributed by atoms with van der Waals surface area (Å²) in [6.07, 6.45) is 2.75. The van der Waals surface area contributed by atoms with Crippen LogP contribution in [-0.2, 0) is 19.7 Å². The van der Waals surface area contributed by atoms with Gasteiger partial charge in [-0.25, -0.2) is 8.42 Å². The van der Waals surface area contributed by atoms with E-state index in [1.807, 2.05) is 0 Å². The van der Waals surface area contributed by atoms with Gasteiger partial charge >= 0.3 is 35.5 Å². The summed E-state index contributed by atoms with van der Waals surface area (Å²) in [6.45, 7) is 0.243. The van der Waals surface area contributed by atoms with Crippen LogP contribution in [0.1, 0.15) is 31.2 Å². The Kier molecular flexibility index (Phi) is 10.9. The number of aromatic hydroxyl groups is 1. The van der Waals surface area contributed by atoms with Crippen LogP contribution in [0.25, 0.3) is 6.08 Å². The number of nitrogens with one attached hydrogen (secondary N) is 1. The predicted octanol–water partition coefficient (Wildman–Crippen LogP) is -2.03.